The van der Waals surface area contributed by atoms with Gasteiger partial charge in [-0.1, -0.05) is 39.6 Å². The van der Waals surface area contributed by atoms with E-state index in [0.717, 1.165) is 65.7 Å². The number of likely N-dealkylation sites (tertiary alicyclic amines) is 2. The third-order valence-electron chi connectivity index (χ3n) is 8.08. The molecule has 38 heavy (non-hydrogen) atoms. The van der Waals surface area contributed by atoms with Crippen molar-refractivity contribution in [2.45, 2.75) is 64.5 Å². The lowest BCUT2D eigenvalue weighted by Gasteiger charge is -2.51. The molecule has 4 heterocycles. The summed E-state index contributed by atoms with van der Waals surface area (Å²) in [6.07, 6.45) is 6.96. The van der Waals surface area contributed by atoms with Gasteiger partial charge in [0, 0.05) is 40.2 Å². The number of halogens is 1. The van der Waals surface area contributed by atoms with Crippen molar-refractivity contribution in [1.82, 2.24) is 19.8 Å². The van der Waals surface area contributed by atoms with Gasteiger partial charge in [0.2, 0.25) is 0 Å². The minimum atomic E-state index is -0.0230. The third kappa shape index (κ3) is 5.47. The van der Waals surface area contributed by atoms with Crippen LogP contribution in [-0.4, -0.2) is 69.2 Å². The van der Waals surface area contributed by atoms with Gasteiger partial charge in [-0.05, 0) is 83.3 Å². The highest BCUT2D eigenvalue weighted by Crippen LogP contribution is 2.36. The molecule has 2 aliphatic rings. The summed E-state index contributed by atoms with van der Waals surface area (Å²) in [4.78, 5) is 32.8. The number of hydrogen-bond donors (Lipinski definition) is 0. The number of fused-ring (bicyclic) bond motifs is 1. The summed E-state index contributed by atoms with van der Waals surface area (Å²) in [5.74, 6) is 0.0615. The Morgan fingerprint density at radius 3 is 2.66 bits per heavy atom. The summed E-state index contributed by atoms with van der Waals surface area (Å²) in [7, 11) is 0. The Bertz CT molecular complexity index is 1320. The molecule has 0 bridgehead atoms. The molecule has 0 spiro atoms. The number of aromatic nitrogens is 2. The third-order valence-corrected chi connectivity index (χ3v) is 8.61. The molecule has 3 aromatic rings. The van der Waals surface area contributed by atoms with Gasteiger partial charge in [-0.15, -0.1) is 0 Å². The molecular weight excluding hydrogens is 542 g/mol. The number of benzene rings is 1. The van der Waals surface area contributed by atoms with E-state index in [0.29, 0.717) is 17.8 Å². The number of amides is 1. The van der Waals surface area contributed by atoms with Crippen LogP contribution >= 0.6 is 15.9 Å². The first-order valence-corrected chi connectivity index (χ1v) is 14.4. The van der Waals surface area contributed by atoms with Gasteiger partial charge in [0.25, 0.3) is 5.91 Å². The molecular formula is C30H36BrN5O2. The number of aryl methyl sites for hydroxylation is 1. The van der Waals surface area contributed by atoms with Crippen LogP contribution in [0.15, 0.2) is 58.3 Å². The Labute approximate surface area is 233 Å². The first kappa shape index (κ1) is 26.8. The van der Waals surface area contributed by atoms with Gasteiger partial charge in [0.05, 0.1) is 17.3 Å². The van der Waals surface area contributed by atoms with Crippen LogP contribution in [0.25, 0.3) is 11.0 Å². The Morgan fingerprint density at radius 2 is 1.92 bits per heavy atom. The topological polar surface area (TPSA) is 70.9 Å². The van der Waals surface area contributed by atoms with Crippen molar-refractivity contribution in [2.75, 3.05) is 26.2 Å². The Kier molecular flexibility index (Phi) is 8.09. The molecule has 2 fully saturated rings. The lowest BCUT2D eigenvalue weighted by molar-refractivity contribution is 0.00560. The van der Waals surface area contributed by atoms with E-state index >= 15 is 0 Å². The first-order chi connectivity index (χ1) is 18.4. The van der Waals surface area contributed by atoms with Gasteiger partial charge in [0.1, 0.15) is 12.3 Å². The Morgan fingerprint density at radius 1 is 1.16 bits per heavy atom. The highest BCUT2D eigenvalue weighted by molar-refractivity contribution is 9.10. The van der Waals surface area contributed by atoms with Crippen molar-refractivity contribution in [3.05, 3.63) is 70.0 Å². The van der Waals surface area contributed by atoms with Crippen LogP contribution in [0.3, 0.4) is 0 Å². The smallest absolute Gasteiger partial charge is 0.255 e. The standard InChI is InChI=1S/C30H36BrN5O2/c1-4-38-34-27(22-10-12-24(31)13-11-22)26-9-5-6-17-36(26)30(3)14-18-35(19-15-30)29(37)25-20-23-8-7-16-32-28(23)33-21(25)2/h7-8,10-13,16,20,26H,4-6,9,14-15,17-19H2,1-3H3/b34-27+. The van der Waals surface area contributed by atoms with Crippen molar-refractivity contribution in [3.8, 4) is 0 Å². The quantitative estimate of drug-likeness (QED) is 0.266. The Balaban J connectivity index is 1.35. The fourth-order valence-electron chi connectivity index (χ4n) is 5.88. The largest absolute Gasteiger partial charge is 0.396 e. The van der Waals surface area contributed by atoms with Crippen LogP contribution in [0.2, 0.25) is 0 Å². The normalized spacial score (nSPS) is 20.5. The predicted octanol–water partition coefficient (Wildman–Crippen LogP) is 5.99. The molecule has 1 unspecified atom stereocenters. The van der Waals surface area contributed by atoms with Crippen molar-refractivity contribution in [3.63, 3.8) is 0 Å². The lowest BCUT2D eigenvalue weighted by Crippen LogP contribution is -2.60. The average Bonchev–Trinajstić information content (AvgIpc) is 2.94. The zero-order valence-corrected chi connectivity index (χ0v) is 24.1. The number of rotatable bonds is 6. The summed E-state index contributed by atoms with van der Waals surface area (Å²) in [5, 5.41) is 5.54. The van der Waals surface area contributed by atoms with Crippen molar-refractivity contribution >= 4 is 38.6 Å². The second-order valence-electron chi connectivity index (χ2n) is 10.6. The van der Waals surface area contributed by atoms with E-state index in [9.17, 15) is 4.79 Å². The van der Waals surface area contributed by atoms with Crippen LogP contribution in [0.5, 0.6) is 0 Å². The number of carbonyl (C=O) groups excluding carboxylic acids is 1. The molecule has 2 aliphatic heterocycles. The SMILES string of the molecule is CCO/N=C(\c1ccc(Br)cc1)C1CCCCN1C1(C)CCN(C(=O)c2cc3cccnc3nc2C)CC1. The van der Waals surface area contributed by atoms with Gasteiger partial charge in [-0.3, -0.25) is 9.69 Å². The zero-order chi connectivity index (χ0) is 26.7. The summed E-state index contributed by atoms with van der Waals surface area (Å²) in [6, 6.07) is 14.3. The van der Waals surface area contributed by atoms with Gasteiger partial charge in [-0.25, -0.2) is 9.97 Å². The van der Waals surface area contributed by atoms with Crippen LogP contribution in [0, 0.1) is 6.92 Å². The van der Waals surface area contributed by atoms with Gasteiger partial charge >= 0.3 is 0 Å². The van der Waals surface area contributed by atoms with Crippen LogP contribution in [0.1, 0.15) is 67.6 Å². The van der Waals surface area contributed by atoms with Gasteiger partial charge in [-0.2, -0.15) is 0 Å². The molecule has 1 atom stereocenters. The number of carbonyl (C=O) groups is 1. The van der Waals surface area contributed by atoms with Gasteiger partial charge < -0.3 is 9.74 Å². The molecule has 0 N–H and O–H groups in total. The maximum absolute atomic E-state index is 13.6. The van der Waals surface area contributed by atoms with Crippen LogP contribution in [-0.2, 0) is 4.84 Å². The first-order valence-electron chi connectivity index (χ1n) is 13.6. The Hall–Kier alpha value is -2.84. The fraction of sp³-hybridized carbons (Fsp3) is 0.467. The van der Waals surface area contributed by atoms with E-state index in [4.69, 9.17) is 4.84 Å². The maximum Gasteiger partial charge on any atom is 0.255 e. The molecule has 1 amide bonds. The van der Waals surface area contributed by atoms with Crippen LogP contribution < -0.4 is 0 Å². The average molecular weight is 579 g/mol. The van der Waals surface area contributed by atoms with E-state index < -0.39 is 0 Å². The maximum atomic E-state index is 13.6. The molecule has 8 heteroatoms. The molecule has 2 saturated heterocycles. The summed E-state index contributed by atoms with van der Waals surface area (Å²) in [5.41, 5.74) is 4.17. The van der Waals surface area contributed by atoms with Crippen molar-refractivity contribution < 1.29 is 9.63 Å². The number of oxime groups is 1. The molecule has 200 valence electrons. The van der Waals surface area contributed by atoms with E-state index in [1.54, 1.807) is 6.20 Å². The van der Waals surface area contributed by atoms with Crippen molar-refractivity contribution in [1.29, 1.82) is 0 Å². The zero-order valence-electron chi connectivity index (χ0n) is 22.5. The summed E-state index contributed by atoms with van der Waals surface area (Å²) >= 11 is 3.56. The number of pyridine rings is 2. The second kappa shape index (κ2) is 11.5. The lowest BCUT2D eigenvalue weighted by atomic mass is 9.82. The predicted molar refractivity (Wildman–Crippen MR) is 154 cm³/mol. The van der Waals surface area contributed by atoms with Crippen LogP contribution in [0.4, 0.5) is 0 Å². The van der Waals surface area contributed by atoms with E-state index in [-0.39, 0.29) is 17.5 Å². The highest BCUT2D eigenvalue weighted by Gasteiger charge is 2.43. The fourth-order valence-corrected chi connectivity index (χ4v) is 6.15. The summed E-state index contributed by atoms with van der Waals surface area (Å²) < 4.78 is 1.05. The number of nitrogens with zero attached hydrogens (tertiary/aromatic N) is 5. The summed E-state index contributed by atoms with van der Waals surface area (Å²) in [6.45, 7) is 9.24. The highest BCUT2D eigenvalue weighted by atomic mass is 79.9. The number of hydrogen-bond acceptors (Lipinski definition) is 6. The minimum absolute atomic E-state index is 0.0230. The second-order valence-corrected chi connectivity index (χ2v) is 11.5. The number of piperidine rings is 2. The molecule has 0 aliphatic carbocycles. The molecule has 0 saturated carbocycles. The van der Waals surface area contributed by atoms with E-state index in [1.165, 1.54) is 12.8 Å². The monoisotopic (exact) mass is 577 g/mol. The molecule has 5 rings (SSSR count). The van der Waals surface area contributed by atoms with E-state index in [1.807, 2.05) is 36.9 Å². The molecule has 0 radical (unpaired) electrons. The minimum Gasteiger partial charge on any atom is -0.396 e. The van der Waals surface area contributed by atoms with Gasteiger partial charge in [0.15, 0.2) is 5.65 Å². The molecule has 7 nitrogen and oxygen atoms in total. The molecule has 2 aromatic heterocycles. The molecule has 1 aromatic carbocycles. The van der Waals surface area contributed by atoms with Crippen molar-refractivity contribution in [2.24, 2.45) is 5.16 Å². The van der Waals surface area contributed by atoms with E-state index in [2.05, 4.69) is 67.1 Å².